The van der Waals surface area contributed by atoms with E-state index in [1.54, 1.807) is 0 Å². The van der Waals surface area contributed by atoms with Crippen molar-refractivity contribution in [2.24, 2.45) is 16.6 Å². The fourth-order valence-electron chi connectivity index (χ4n) is 2.16. The summed E-state index contributed by atoms with van der Waals surface area (Å²) >= 11 is 0. The summed E-state index contributed by atoms with van der Waals surface area (Å²) in [4.78, 5) is 11.9. The maximum absolute atomic E-state index is 11.9. The standard InChI is InChI=1S/C11H20N2O2/c1-10(7-15-8-10)6-13-9(14)11(5-12)3-2-4-11/h2-8,12H2,1H3,(H,13,14). The largest absolute Gasteiger partial charge is 0.380 e. The summed E-state index contributed by atoms with van der Waals surface area (Å²) in [6, 6.07) is 0. The van der Waals surface area contributed by atoms with E-state index in [0.29, 0.717) is 13.1 Å². The Hall–Kier alpha value is -0.610. The molecule has 1 saturated carbocycles. The summed E-state index contributed by atoms with van der Waals surface area (Å²) in [6.07, 6.45) is 3.02. The normalized spacial score (nSPS) is 26.3. The molecule has 1 aliphatic heterocycles. The van der Waals surface area contributed by atoms with Crippen molar-refractivity contribution in [2.45, 2.75) is 26.2 Å². The Morgan fingerprint density at radius 2 is 2.13 bits per heavy atom. The maximum Gasteiger partial charge on any atom is 0.227 e. The third-order valence-corrected chi connectivity index (χ3v) is 3.76. The molecule has 3 N–H and O–H groups in total. The Bertz CT molecular complexity index is 252. The second-order valence-electron chi connectivity index (χ2n) is 5.32. The van der Waals surface area contributed by atoms with Gasteiger partial charge in [-0.05, 0) is 12.8 Å². The Morgan fingerprint density at radius 3 is 2.47 bits per heavy atom. The fourth-order valence-corrected chi connectivity index (χ4v) is 2.16. The van der Waals surface area contributed by atoms with Gasteiger partial charge < -0.3 is 15.8 Å². The summed E-state index contributed by atoms with van der Waals surface area (Å²) in [6.45, 7) is 4.83. The molecule has 0 spiro atoms. The molecule has 0 atom stereocenters. The molecule has 0 aromatic carbocycles. The second kappa shape index (κ2) is 3.76. The Kier molecular flexibility index (Phi) is 2.73. The average molecular weight is 212 g/mol. The number of nitrogens with two attached hydrogens (primary N) is 1. The van der Waals surface area contributed by atoms with Gasteiger partial charge in [-0.1, -0.05) is 13.3 Å². The van der Waals surface area contributed by atoms with Gasteiger partial charge in [-0.3, -0.25) is 4.79 Å². The van der Waals surface area contributed by atoms with Crippen molar-refractivity contribution in [1.82, 2.24) is 5.32 Å². The zero-order chi connectivity index (χ0) is 10.9. The van der Waals surface area contributed by atoms with E-state index in [9.17, 15) is 4.79 Å². The van der Waals surface area contributed by atoms with E-state index in [4.69, 9.17) is 10.5 Å². The first kappa shape index (κ1) is 10.9. The molecule has 15 heavy (non-hydrogen) atoms. The summed E-state index contributed by atoms with van der Waals surface area (Å²) in [5.74, 6) is 0.143. The van der Waals surface area contributed by atoms with Gasteiger partial charge in [-0.25, -0.2) is 0 Å². The third-order valence-electron chi connectivity index (χ3n) is 3.76. The van der Waals surface area contributed by atoms with Crippen LogP contribution in [0.4, 0.5) is 0 Å². The van der Waals surface area contributed by atoms with Crippen LogP contribution in [0.2, 0.25) is 0 Å². The smallest absolute Gasteiger partial charge is 0.227 e. The number of nitrogens with one attached hydrogen (secondary N) is 1. The number of ether oxygens (including phenoxy) is 1. The molecule has 1 aliphatic carbocycles. The van der Waals surface area contributed by atoms with Gasteiger partial charge in [0.15, 0.2) is 0 Å². The van der Waals surface area contributed by atoms with Crippen molar-refractivity contribution in [3.8, 4) is 0 Å². The number of carbonyl (C=O) groups excluding carboxylic acids is 1. The highest BCUT2D eigenvalue weighted by atomic mass is 16.5. The van der Waals surface area contributed by atoms with E-state index >= 15 is 0 Å². The summed E-state index contributed by atoms with van der Waals surface area (Å²) < 4.78 is 5.15. The first-order valence-corrected chi connectivity index (χ1v) is 5.66. The van der Waals surface area contributed by atoms with E-state index in [2.05, 4.69) is 12.2 Å². The number of amides is 1. The minimum absolute atomic E-state index is 0.143. The molecule has 0 aromatic rings. The molecule has 0 aromatic heterocycles. The lowest BCUT2D eigenvalue weighted by molar-refractivity contribution is -0.139. The molecule has 1 saturated heterocycles. The minimum Gasteiger partial charge on any atom is -0.380 e. The van der Waals surface area contributed by atoms with E-state index in [0.717, 1.165) is 32.5 Å². The van der Waals surface area contributed by atoms with Crippen LogP contribution in [-0.2, 0) is 9.53 Å². The maximum atomic E-state index is 11.9. The number of hydrogen-bond donors (Lipinski definition) is 2. The molecule has 2 rings (SSSR count). The van der Waals surface area contributed by atoms with Crippen molar-refractivity contribution in [3.05, 3.63) is 0 Å². The van der Waals surface area contributed by atoms with Gasteiger partial charge in [0.25, 0.3) is 0 Å². The molecule has 4 nitrogen and oxygen atoms in total. The lowest BCUT2D eigenvalue weighted by atomic mass is 9.68. The summed E-state index contributed by atoms with van der Waals surface area (Å²) in [5.41, 5.74) is 5.57. The van der Waals surface area contributed by atoms with Crippen LogP contribution in [-0.4, -0.2) is 32.2 Å². The topological polar surface area (TPSA) is 64.4 Å². The zero-order valence-corrected chi connectivity index (χ0v) is 9.34. The van der Waals surface area contributed by atoms with Crippen LogP contribution in [0.15, 0.2) is 0 Å². The van der Waals surface area contributed by atoms with Crippen LogP contribution in [0.3, 0.4) is 0 Å². The predicted molar refractivity (Wildman–Crippen MR) is 57.3 cm³/mol. The summed E-state index contributed by atoms with van der Waals surface area (Å²) in [5, 5.41) is 3.02. The van der Waals surface area contributed by atoms with Crippen LogP contribution in [0.5, 0.6) is 0 Å². The highest BCUT2D eigenvalue weighted by Crippen LogP contribution is 2.40. The molecule has 86 valence electrons. The Morgan fingerprint density at radius 1 is 1.47 bits per heavy atom. The highest BCUT2D eigenvalue weighted by molar-refractivity contribution is 5.83. The van der Waals surface area contributed by atoms with E-state index < -0.39 is 0 Å². The van der Waals surface area contributed by atoms with Crippen LogP contribution < -0.4 is 11.1 Å². The molecule has 1 heterocycles. The van der Waals surface area contributed by atoms with Crippen molar-refractivity contribution < 1.29 is 9.53 Å². The molecule has 0 bridgehead atoms. The Balaban J connectivity index is 1.81. The second-order valence-corrected chi connectivity index (χ2v) is 5.32. The van der Waals surface area contributed by atoms with Gasteiger partial charge in [0.2, 0.25) is 5.91 Å². The molecule has 2 fully saturated rings. The van der Waals surface area contributed by atoms with Crippen LogP contribution in [0, 0.1) is 10.8 Å². The highest BCUT2D eigenvalue weighted by Gasteiger charge is 2.43. The van der Waals surface area contributed by atoms with Crippen molar-refractivity contribution in [2.75, 3.05) is 26.3 Å². The third kappa shape index (κ3) is 1.88. The average Bonchev–Trinajstić information content (AvgIpc) is 2.11. The lowest BCUT2D eigenvalue weighted by Gasteiger charge is -2.42. The molecular weight excluding hydrogens is 192 g/mol. The molecule has 4 heteroatoms. The van der Waals surface area contributed by atoms with Gasteiger partial charge in [0, 0.05) is 18.5 Å². The lowest BCUT2D eigenvalue weighted by Crippen LogP contribution is -2.55. The summed E-state index contributed by atoms with van der Waals surface area (Å²) in [7, 11) is 0. The minimum atomic E-state index is -0.249. The predicted octanol–water partition coefficient (Wildman–Crippen LogP) is 0.268. The first-order valence-electron chi connectivity index (χ1n) is 5.66. The van der Waals surface area contributed by atoms with E-state index in [1.165, 1.54) is 0 Å². The van der Waals surface area contributed by atoms with Crippen molar-refractivity contribution >= 4 is 5.91 Å². The quantitative estimate of drug-likeness (QED) is 0.703. The van der Waals surface area contributed by atoms with Crippen LogP contribution in [0.25, 0.3) is 0 Å². The molecule has 1 amide bonds. The van der Waals surface area contributed by atoms with Gasteiger partial charge in [0.05, 0.1) is 18.6 Å². The number of hydrogen-bond acceptors (Lipinski definition) is 3. The van der Waals surface area contributed by atoms with Gasteiger partial charge in [-0.2, -0.15) is 0 Å². The Labute approximate surface area is 90.5 Å². The zero-order valence-electron chi connectivity index (χ0n) is 9.34. The number of carbonyl (C=O) groups is 1. The molecule has 2 aliphatic rings. The van der Waals surface area contributed by atoms with Gasteiger partial charge in [0.1, 0.15) is 0 Å². The van der Waals surface area contributed by atoms with Crippen LogP contribution >= 0.6 is 0 Å². The fraction of sp³-hybridized carbons (Fsp3) is 0.909. The van der Waals surface area contributed by atoms with Crippen LogP contribution in [0.1, 0.15) is 26.2 Å². The molecule has 0 unspecified atom stereocenters. The van der Waals surface area contributed by atoms with Crippen molar-refractivity contribution in [1.29, 1.82) is 0 Å². The SMILES string of the molecule is CC1(CNC(=O)C2(CN)CCC2)COC1. The van der Waals surface area contributed by atoms with Gasteiger partial charge >= 0.3 is 0 Å². The van der Waals surface area contributed by atoms with Gasteiger partial charge in [-0.15, -0.1) is 0 Å². The molecule has 0 radical (unpaired) electrons. The monoisotopic (exact) mass is 212 g/mol. The number of rotatable bonds is 4. The molecular formula is C11H20N2O2. The van der Waals surface area contributed by atoms with E-state index in [-0.39, 0.29) is 16.7 Å². The first-order chi connectivity index (χ1) is 7.10. The van der Waals surface area contributed by atoms with E-state index in [1.807, 2.05) is 0 Å². The van der Waals surface area contributed by atoms with Crippen molar-refractivity contribution in [3.63, 3.8) is 0 Å².